The third-order valence-corrected chi connectivity index (χ3v) is 6.01. The van der Waals surface area contributed by atoms with Gasteiger partial charge in [-0.3, -0.25) is 4.90 Å². The molecule has 4 rings (SSSR count). The highest BCUT2D eigenvalue weighted by molar-refractivity contribution is 6.31. The minimum absolute atomic E-state index is 0. The second-order valence-electron chi connectivity index (χ2n) is 7.60. The molecule has 3 aromatic rings. The molecular formula is C24H29Cl3N2O. The number of halogens is 3. The molecule has 0 amide bonds. The van der Waals surface area contributed by atoms with E-state index in [1.165, 1.54) is 18.4 Å². The summed E-state index contributed by atoms with van der Waals surface area (Å²) in [5, 5.41) is 4.44. The molecule has 1 aliphatic rings. The monoisotopic (exact) mass is 466 g/mol. The Morgan fingerprint density at radius 3 is 2.43 bits per heavy atom. The molecule has 0 unspecified atom stereocenters. The van der Waals surface area contributed by atoms with Gasteiger partial charge in [-0.25, -0.2) is 0 Å². The van der Waals surface area contributed by atoms with Crippen LogP contribution in [0, 0.1) is 6.92 Å². The molecule has 1 aliphatic heterocycles. The predicted molar refractivity (Wildman–Crippen MR) is 130 cm³/mol. The van der Waals surface area contributed by atoms with Crippen LogP contribution >= 0.6 is 36.4 Å². The molecule has 162 valence electrons. The van der Waals surface area contributed by atoms with Gasteiger partial charge in [0.15, 0.2) is 0 Å². The number of nitrogens with one attached hydrogen (secondary N) is 1. The van der Waals surface area contributed by atoms with Crippen LogP contribution in [0.3, 0.4) is 0 Å². The van der Waals surface area contributed by atoms with Gasteiger partial charge in [0.05, 0.1) is 6.54 Å². The maximum Gasteiger partial charge on any atom is 0.134 e. The highest BCUT2D eigenvalue weighted by Gasteiger charge is 2.19. The summed E-state index contributed by atoms with van der Waals surface area (Å²) in [6.45, 7) is 6.12. The summed E-state index contributed by atoms with van der Waals surface area (Å²) in [4.78, 5) is 2.54. The van der Waals surface area contributed by atoms with E-state index < -0.39 is 0 Å². The van der Waals surface area contributed by atoms with E-state index in [2.05, 4.69) is 52.7 Å². The summed E-state index contributed by atoms with van der Waals surface area (Å²) in [5.74, 6) is 1.86. The molecule has 1 aromatic heterocycles. The van der Waals surface area contributed by atoms with Crippen LogP contribution < -0.4 is 5.32 Å². The normalized spacial score (nSPS) is 14.7. The topological polar surface area (TPSA) is 28.4 Å². The minimum Gasteiger partial charge on any atom is -0.460 e. The Morgan fingerprint density at radius 1 is 0.967 bits per heavy atom. The van der Waals surface area contributed by atoms with Crippen molar-refractivity contribution in [3.63, 3.8) is 0 Å². The summed E-state index contributed by atoms with van der Waals surface area (Å²) in [5.41, 5.74) is 3.52. The van der Waals surface area contributed by atoms with Crippen molar-refractivity contribution in [2.24, 2.45) is 0 Å². The average molecular weight is 468 g/mol. The van der Waals surface area contributed by atoms with Crippen LogP contribution in [0.5, 0.6) is 0 Å². The SMILES string of the molecule is Cc1c(Cl)cccc1-c1ccc(CNC2CCN(Cc3ccccc3)CC2)o1.Cl.Cl. The van der Waals surface area contributed by atoms with E-state index >= 15 is 0 Å². The molecule has 0 saturated carbocycles. The summed E-state index contributed by atoms with van der Waals surface area (Å²) >= 11 is 6.24. The van der Waals surface area contributed by atoms with Gasteiger partial charge < -0.3 is 9.73 Å². The highest BCUT2D eigenvalue weighted by Crippen LogP contribution is 2.29. The van der Waals surface area contributed by atoms with E-state index in [4.69, 9.17) is 16.0 Å². The van der Waals surface area contributed by atoms with E-state index in [-0.39, 0.29) is 24.8 Å². The van der Waals surface area contributed by atoms with Crippen molar-refractivity contribution < 1.29 is 4.42 Å². The molecule has 1 N–H and O–H groups in total. The zero-order valence-electron chi connectivity index (χ0n) is 17.1. The van der Waals surface area contributed by atoms with E-state index in [1.54, 1.807) is 0 Å². The third kappa shape index (κ3) is 6.26. The molecule has 0 atom stereocenters. The molecule has 0 aliphatic carbocycles. The number of furan rings is 1. The molecule has 1 saturated heterocycles. The summed E-state index contributed by atoms with van der Waals surface area (Å²) in [6.07, 6.45) is 2.35. The highest BCUT2D eigenvalue weighted by atomic mass is 35.5. The largest absolute Gasteiger partial charge is 0.460 e. The van der Waals surface area contributed by atoms with Crippen molar-refractivity contribution in [2.75, 3.05) is 13.1 Å². The van der Waals surface area contributed by atoms with Gasteiger partial charge in [0, 0.05) is 23.2 Å². The maximum atomic E-state index is 6.24. The van der Waals surface area contributed by atoms with Crippen LogP contribution in [0.15, 0.2) is 65.1 Å². The van der Waals surface area contributed by atoms with Crippen molar-refractivity contribution in [1.82, 2.24) is 10.2 Å². The van der Waals surface area contributed by atoms with Gasteiger partial charge in [-0.15, -0.1) is 24.8 Å². The van der Waals surface area contributed by atoms with Crippen molar-refractivity contribution in [2.45, 2.75) is 38.9 Å². The number of piperidine rings is 1. The van der Waals surface area contributed by atoms with E-state index in [0.29, 0.717) is 6.04 Å². The molecule has 6 heteroatoms. The van der Waals surface area contributed by atoms with Gasteiger partial charge >= 0.3 is 0 Å². The van der Waals surface area contributed by atoms with Crippen LogP contribution in [0.25, 0.3) is 11.3 Å². The lowest BCUT2D eigenvalue weighted by molar-refractivity contribution is 0.189. The van der Waals surface area contributed by atoms with Crippen molar-refractivity contribution in [3.8, 4) is 11.3 Å². The first-order valence-corrected chi connectivity index (χ1v) is 10.4. The Hall–Kier alpha value is -1.49. The molecule has 0 radical (unpaired) electrons. The number of hydrogen-bond acceptors (Lipinski definition) is 3. The number of hydrogen-bond donors (Lipinski definition) is 1. The number of nitrogens with zero attached hydrogens (tertiary/aromatic N) is 1. The molecule has 30 heavy (non-hydrogen) atoms. The molecule has 0 bridgehead atoms. The van der Waals surface area contributed by atoms with E-state index in [1.807, 2.05) is 25.1 Å². The smallest absolute Gasteiger partial charge is 0.134 e. The zero-order chi connectivity index (χ0) is 19.3. The number of rotatable bonds is 6. The van der Waals surface area contributed by atoms with Gasteiger partial charge in [-0.2, -0.15) is 0 Å². The first-order chi connectivity index (χ1) is 13.7. The molecular weight excluding hydrogens is 439 g/mol. The molecule has 1 fully saturated rings. The van der Waals surface area contributed by atoms with Crippen molar-refractivity contribution in [3.05, 3.63) is 82.6 Å². The number of benzene rings is 2. The van der Waals surface area contributed by atoms with Gasteiger partial charge in [0.2, 0.25) is 0 Å². The molecule has 2 heterocycles. The summed E-state index contributed by atoms with van der Waals surface area (Å²) in [6, 6.07) is 21.3. The fourth-order valence-corrected chi connectivity index (χ4v) is 4.05. The van der Waals surface area contributed by atoms with Gasteiger partial charge in [-0.05, 0) is 62.2 Å². The summed E-state index contributed by atoms with van der Waals surface area (Å²) in [7, 11) is 0. The minimum atomic E-state index is 0. The van der Waals surface area contributed by atoms with E-state index in [9.17, 15) is 0 Å². The Morgan fingerprint density at radius 2 is 1.70 bits per heavy atom. The Balaban J connectivity index is 0.00000160. The maximum absolute atomic E-state index is 6.24. The predicted octanol–water partition coefficient (Wildman–Crippen LogP) is 6.51. The molecule has 3 nitrogen and oxygen atoms in total. The first-order valence-electron chi connectivity index (χ1n) is 10.0. The van der Waals surface area contributed by atoms with E-state index in [0.717, 1.165) is 53.8 Å². The van der Waals surface area contributed by atoms with Gasteiger partial charge in [0.25, 0.3) is 0 Å². The second kappa shape index (κ2) is 11.8. The van der Waals surface area contributed by atoms with Crippen LogP contribution in [-0.2, 0) is 13.1 Å². The Bertz CT molecular complexity index is 906. The Labute approximate surface area is 196 Å². The quantitative estimate of drug-likeness (QED) is 0.448. The fourth-order valence-electron chi connectivity index (χ4n) is 3.87. The third-order valence-electron chi connectivity index (χ3n) is 5.60. The van der Waals surface area contributed by atoms with Crippen molar-refractivity contribution in [1.29, 1.82) is 0 Å². The van der Waals surface area contributed by atoms with Crippen LogP contribution in [0.4, 0.5) is 0 Å². The van der Waals surface area contributed by atoms with Gasteiger partial charge in [0.1, 0.15) is 11.5 Å². The van der Waals surface area contributed by atoms with Crippen molar-refractivity contribution >= 4 is 36.4 Å². The second-order valence-corrected chi connectivity index (χ2v) is 8.00. The Kier molecular flexibility index (Phi) is 9.73. The standard InChI is InChI=1S/C24H27ClN2O.2ClH/c1-18-22(8-5-9-23(18)25)24-11-10-21(28-24)16-26-20-12-14-27(15-13-20)17-19-6-3-2-4-7-19;;/h2-11,20,26H,12-17H2,1H3;2*1H. The summed E-state index contributed by atoms with van der Waals surface area (Å²) < 4.78 is 6.07. The average Bonchev–Trinajstić information content (AvgIpc) is 3.19. The van der Waals surface area contributed by atoms with Gasteiger partial charge in [-0.1, -0.05) is 54.1 Å². The number of likely N-dealkylation sites (tertiary alicyclic amines) is 1. The first kappa shape index (κ1) is 24.8. The molecule has 0 spiro atoms. The lowest BCUT2D eigenvalue weighted by Gasteiger charge is -2.32. The van der Waals surface area contributed by atoms with Crippen LogP contribution in [0.1, 0.15) is 29.7 Å². The lowest BCUT2D eigenvalue weighted by atomic mass is 10.0. The van der Waals surface area contributed by atoms with Crippen LogP contribution in [-0.4, -0.2) is 24.0 Å². The zero-order valence-corrected chi connectivity index (χ0v) is 19.5. The fraction of sp³-hybridized carbons (Fsp3) is 0.333. The molecule has 2 aromatic carbocycles. The van der Waals surface area contributed by atoms with Crippen LogP contribution in [0.2, 0.25) is 5.02 Å². The lowest BCUT2D eigenvalue weighted by Crippen LogP contribution is -2.41.